The third kappa shape index (κ3) is 3.30. The summed E-state index contributed by atoms with van der Waals surface area (Å²) < 4.78 is 5.26. The first-order valence-electron chi connectivity index (χ1n) is 6.03. The van der Waals surface area contributed by atoms with Crippen LogP contribution in [0.2, 0.25) is 0 Å². The van der Waals surface area contributed by atoms with E-state index in [-0.39, 0.29) is 0 Å². The molecule has 1 aliphatic rings. The molecule has 1 fully saturated rings. The highest BCUT2D eigenvalue weighted by Crippen LogP contribution is 2.02. The normalized spacial score (nSPS) is 17.9. The van der Waals surface area contributed by atoms with E-state index < -0.39 is 0 Å². The first-order chi connectivity index (χ1) is 8.77. The molecule has 0 spiro atoms. The highest BCUT2D eigenvalue weighted by atomic mass is 16.5. The molecule has 1 heterocycles. The number of morpholine rings is 1. The summed E-state index contributed by atoms with van der Waals surface area (Å²) in [6, 6.07) is 9.92. The van der Waals surface area contributed by atoms with Crippen molar-refractivity contribution in [3.05, 3.63) is 35.9 Å². The van der Waals surface area contributed by atoms with E-state index in [2.05, 4.69) is 10.2 Å². The maximum absolute atomic E-state index is 5.89. The topological polar surface area (TPSA) is 63.2 Å². The molecule has 0 unspecified atom stereocenters. The highest BCUT2D eigenvalue weighted by Gasteiger charge is 2.11. The van der Waals surface area contributed by atoms with Gasteiger partial charge >= 0.3 is 0 Å². The largest absolute Gasteiger partial charge is 0.378 e. The minimum Gasteiger partial charge on any atom is -0.378 e. The van der Waals surface area contributed by atoms with Gasteiger partial charge in [-0.15, -0.1) is 5.10 Å². The van der Waals surface area contributed by atoms with Crippen LogP contribution < -0.4 is 5.73 Å². The fourth-order valence-corrected chi connectivity index (χ4v) is 1.72. The van der Waals surface area contributed by atoms with Crippen molar-refractivity contribution in [1.29, 1.82) is 0 Å². The number of guanidine groups is 1. The Labute approximate surface area is 107 Å². The van der Waals surface area contributed by atoms with Crippen LogP contribution in [0.5, 0.6) is 0 Å². The first-order valence-corrected chi connectivity index (χ1v) is 6.03. The SMILES string of the molecule is C/C(=N\N=C(/N)N1CCOCC1)c1ccccc1. The van der Waals surface area contributed by atoms with Gasteiger partial charge in [-0.05, 0) is 12.5 Å². The fourth-order valence-electron chi connectivity index (χ4n) is 1.72. The van der Waals surface area contributed by atoms with Gasteiger partial charge in [0.15, 0.2) is 0 Å². The maximum Gasteiger partial charge on any atom is 0.216 e. The van der Waals surface area contributed by atoms with E-state index in [1.165, 1.54) is 0 Å². The monoisotopic (exact) mass is 246 g/mol. The Bertz CT molecular complexity index is 436. The lowest BCUT2D eigenvalue weighted by molar-refractivity contribution is 0.0674. The summed E-state index contributed by atoms with van der Waals surface area (Å²) in [5.41, 5.74) is 7.79. The summed E-state index contributed by atoms with van der Waals surface area (Å²) in [4.78, 5) is 1.98. The van der Waals surface area contributed by atoms with Crippen LogP contribution in [0.25, 0.3) is 0 Å². The van der Waals surface area contributed by atoms with Gasteiger partial charge in [-0.3, -0.25) is 0 Å². The van der Waals surface area contributed by atoms with Gasteiger partial charge in [0.25, 0.3) is 0 Å². The Morgan fingerprint density at radius 1 is 1.17 bits per heavy atom. The second kappa shape index (κ2) is 6.16. The van der Waals surface area contributed by atoms with Gasteiger partial charge in [-0.1, -0.05) is 30.3 Å². The third-order valence-corrected chi connectivity index (χ3v) is 2.83. The van der Waals surface area contributed by atoms with Gasteiger partial charge in [0.05, 0.1) is 18.9 Å². The molecule has 1 aliphatic heterocycles. The van der Waals surface area contributed by atoms with Crippen LogP contribution in [0.15, 0.2) is 40.5 Å². The van der Waals surface area contributed by atoms with E-state index in [0.29, 0.717) is 19.2 Å². The molecule has 1 aromatic carbocycles. The average Bonchev–Trinajstić information content (AvgIpc) is 2.46. The van der Waals surface area contributed by atoms with Crippen LogP contribution in [0.3, 0.4) is 0 Å². The number of hydrogen-bond acceptors (Lipinski definition) is 3. The lowest BCUT2D eigenvalue weighted by atomic mass is 10.1. The molecule has 18 heavy (non-hydrogen) atoms. The van der Waals surface area contributed by atoms with Crippen LogP contribution >= 0.6 is 0 Å². The predicted octanol–water partition coefficient (Wildman–Crippen LogP) is 1.06. The number of rotatable bonds is 2. The Hall–Kier alpha value is -1.88. The van der Waals surface area contributed by atoms with Gasteiger partial charge in [0.2, 0.25) is 5.96 Å². The van der Waals surface area contributed by atoms with Crippen molar-refractivity contribution in [3.63, 3.8) is 0 Å². The van der Waals surface area contributed by atoms with Gasteiger partial charge in [-0.25, -0.2) is 0 Å². The summed E-state index contributed by atoms with van der Waals surface area (Å²) in [6.45, 7) is 4.85. The van der Waals surface area contributed by atoms with Crippen LogP contribution in [-0.2, 0) is 4.74 Å². The molecule has 2 rings (SSSR count). The molecule has 0 atom stereocenters. The molecule has 2 N–H and O–H groups in total. The van der Waals surface area contributed by atoms with E-state index in [9.17, 15) is 0 Å². The van der Waals surface area contributed by atoms with Crippen molar-refractivity contribution in [2.24, 2.45) is 15.9 Å². The van der Waals surface area contributed by atoms with E-state index in [1.807, 2.05) is 42.2 Å². The van der Waals surface area contributed by atoms with Crippen molar-refractivity contribution < 1.29 is 4.74 Å². The van der Waals surface area contributed by atoms with Crippen LogP contribution in [0.1, 0.15) is 12.5 Å². The molecular weight excluding hydrogens is 228 g/mol. The molecule has 96 valence electrons. The molecule has 1 saturated heterocycles. The van der Waals surface area contributed by atoms with Crippen molar-refractivity contribution >= 4 is 11.7 Å². The van der Waals surface area contributed by atoms with E-state index in [0.717, 1.165) is 24.4 Å². The van der Waals surface area contributed by atoms with Crippen LogP contribution in [-0.4, -0.2) is 42.9 Å². The molecule has 0 aromatic heterocycles. The molecular formula is C13H18N4O. The molecule has 0 amide bonds. The molecule has 0 bridgehead atoms. The van der Waals surface area contributed by atoms with E-state index in [4.69, 9.17) is 10.5 Å². The minimum absolute atomic E-state index is 0.452. The summed E-state index contributed by atoms with van der Waals surface area (Å²) in [6.07, 6.45) is 0. The van der Waals surface area contributed by atoms with Gasteiger partial charge in [0.1, 0.15) is 0 Å². The molecule has 0 radical (unpaired) electrons. The minimum atomic E-state index is 0.452. The summed E-state index contributed by atoms with van der Waals surface area (Å²) in [5, 5.41) is 8.24. The fraction of sp³-hybridized carbons (Fsp3) is 0.385. The number of hydrogen-bond donors (Lipinski definition) is 1. The Balaban J connectivity index is 2.04. The van der Waals surface area contributed by atoms with Crippen molar-refractivity contribution in [2.75, 3.05) is 26.3 Å². The van der Waals surface area contributed by atoms with Gasteiger partial charge in [-0.2, -0.15) is 5.10 Å². The number of benzene rings is 1. The van der Waals surface area contributed by atoms with E-state index >= 15 is 0 Å². The lowest BCUT2D eigenvalue weighted by Crippen LogP contribution is -2.44. The Kier molecular flexibility index (Phi) is 4.30. The van der Waals surface area contributed by atoms with Gasteiger partial charge in [0, 0.05) is 13.1 Å². The molecule has 0 aliphatic carbocycles. The first kappa shape index (κ1) is 12.6. The number of nitrogens with two attached hydrogens (primary N) is 1. The second-order valence-electron chi connectivity index (χ2n) is 4.11. The average molecular weight is 246 g/mol. The Morgan fingerprint density at radius 3 is 2.50 bits per heavy atom. The summed E-state index contributed by atoms with van der Waals surface area (Å²) in [7, 11) is 0. The number of nitrogens with zero attached hydrogens (tertiary/aromatic N) is 3. The molecule has 5 heteroatoms. The maximum atomic E-state index is 5.89. The predicted molar refractivity (Wildman–Crippen MR) is 72.7 cm³/mol. The smallest absolute Gasteiger partial charge is 0.216 e. The molecule has 1 aromatic rings. The van der Waals surface area contributed by atoms with Crippen molar-refractivity contribution in [3.8, 4) is 0 Å². The number of ether oxygens (including phenoxy) is 1. The van der Waals surface area contributed by atoms with Crippen LogP contribution in [0.4, 0.5) is 0 Å². The quantitative estimate of drug-likeness (QED) is 0.482. The zero-order valence-electron chi connectivity index (χ0n) is 10.5. The molecule has 0 saturated carbocycles. The van der Waals surface area contributed by atoms with Crippen molar-refractivity contribution in [2.45, 2.75) is 6.92 Å². The summed E-state index contributed by atoms with van der Waals surface area (Å²) >= 11 is 0. The van der Waals surface area contributed by atoms with Crippen LogP contribution in [0, 0.1) is 0 Å². The highest BCUT2D eigenvalue weighted by molar-refractivity contribution is 5.98. The van der Waals surface area contributed by atoms with E-state index in [1.54, 1.807) is 0 Å². The second-order valence-corrected chi connectivity index (χ2v) is 4.11. The zero-order valence-corrected chi connectivity index (χ0v) is 10.5. The summed E-state index contributed by atoms with van der Waals surface area (Å²) in [5.74, 6) is 0.452. The third-order valence-electron chi connectivity index (χ3n) is 2.83. The lowest BCUT2D eigenvalue weighted by Gasteiger charge is -2.26. The van der Waals surface area contributed by atoms with Crippen molar-refractivity contribution in [1.82, 2.24) is 4.90 Å². The standard InChI is InChI=1S/C13H18N4O/c1-11(12-5-3-2-4-6-12)15-16-13(14)17-7-9-18-10-8-17/h2-6H,7-10H2,1H3,(H2,14,16)/b15-11+. The van der Waals surface area contributed by atoms with Gasteiger partial charge < -0.3 is 15.4 Å². The zero-order chi connectivity index (χ0) is 12.8. The Morgan fingerprint density at radius 2 is 1.83 bits per heavy atom. The molecule has 5 nitrogen and oxygen atoms in total.